The summed E-state index contributed by atoms with van der Waals surface area (Å²) < 4.78 is 0. The van der Waals surface area contributed by atoms with Crippen LogP contribution in [0.4, 0.5) is 0 Å². The second-order valence-electron chi connectivity index (χ2n) is 8.14. The quantitative estimate of drug-likeness (QED) is 0.380. The topological polar surface area (TPSA) is 64.9 Å². The first-order chi connectivity index (χ1) is 15.0. The van der Waals surface area contributed by atoms with Gasteiger partial charge in [-0.1, -0.05) is 38.1 Å². The summed E-state index contributed by atoms with van der Waals surface area (Å²) in [6.07, 6.45) is 3.04. The van der Waals surface area contributed by atoms with Gasteiger partial charge < -0.3 is 11.5 Å². The standard InChI is InChI=1S/C26H33N3S2/c1-17(2)13-25-23(15-28)26(20-7-5-19(14-27)6-8-20)24(18(3)29-25)16-31-22-11-9-21(30-4)10-12-22/h5-12,17H,13-16,27-28H2,1-4H3. The molecule has 3 nitrogen and oxygen atoms in total. The molecule has 0 aliphatic rings. The number of nitrogens with two attached hydrogens (primary N) is 2. The van der Waals surface area contributed by atoms with E-state index < -0.39 is 0 Å². The third-order valence-electron chi connectivity index (χ3n) is 5.42. The molecular weight excluding hydrogens is 418 g/mol. The third kappa shape index (κ3) is 5.92. The Balaban J connectivity index is 2.06. The Morgan fingerprint density at radius 2 is 1.52 bits per heavy atom. The van der Waals surface area contributed by atoms with Crippen molar-refractivity contribution in [2.45, 2.75) is 55.8 Å². The summed E-state index contributed by atoms with van der Waals surface area (Å²) >= 11 is 3.62. The monoisotopic (exact) mass is 451 g/mol. The number of pyridine rings is 1. The molecule has 0 unspecified atom stereocenters. The number of benzene rings is 2. The van der Waals surface area contributed by atoms with Crippen LogP contribution in [-0.2, 0) is 25.3 Å². The van der Waals surface area contributed by atoms with Crippen LogP contribution in [0.2, 0.25) is 0 Å². The molecule has 31 heavy (non-hydrogen) atoms. The predicted molar refractivity (Wildman–Crippen MR) is 137 cm³/mol. The molecule has 5 heteroatoms. The molecule has 0 spiro atoms. The average molecular weight is 452 g/mol. The summed E-state index contributed by atoms with van der Waals surface area (Å²) in [5, 5.41) is 0. The maximum absolute atomic E-state index is 6.31. The molecule has 1 aromatic heterocycles. The smallest absolute Gasteiger partial charge is 0.0460 e. The number of aryl methyl sites for hydroxylation is 1. The molecule has 0 fully saturated rings. The molecule has 3 aromatic rings. The van der Waals surface area contributed by atoms with Gasteiger partial charge in [-0.3, -0.25) is 4.98 Å². The molecule has 164 valence electrons. The largest absolute Gasteiger partial charge is 0.326 e. The van der Waals surface area contributed by atoms with E-state index in [9.17, 15) is 0 Å². The van der Waals surface area contributed by atoms with Crippen molar-refractivity contribution in [2.24, 2.45) is 17.4 Å². The van der Waals surface area contributed by atoms with Crippen LogP contribution in [0.3, 0.4) is 0 Å². The molecule has 0 saturated carbocycles. The van der Waals surface area contributed by atoms with E-state index in [4.69, 9.17) is 16.5 Å². The first-order valence-electron chi connectivity index (χ1n) is 10.7. The summed E-state index contributed by atoms with van der Waals surface area (Å²) in [6.45, 7) is 7.63. The molecule has 0 aliphatic heterocycles. The van der Waals surface area contributed by atoms with Crippen LogP contribution in [0.25, 0.3) is 11.1 Å². The second-order valence-corrected chi connectivity index (χ2v) is 10.1. The summed E-state index contributed by atoms with van der Waals surface area (Å²) in [5.41, 5.74) is 20.4. The minimum Gasteiger partial charge on any atom is -0.326 e. The highest BCUT2D eigenvalue weighted by Gasteiger charge is 2.19. The Morgan fingerprint density at radius 1 is 0.871 bits per heavy atom. The van der Waals surface area contributed by atoms with Crippen molar-refractivity contribution in [1.29, 1.82) is 0 Å². The lowest BCUT2D eigenvalue weighted by molar-refractivity contribution is 0.628. The normalized spacial score (nSPS) is 11.3. The van der Waals surface area contributed by atoms with Crippen LogP contribution >= 0.6 is 23.5 Å². The predicted octanol–water partition coefficient (Wildman–Crippen LogP) is 6.19. The van der Waals surface area contributed by atoms with E-state index in [1.54, 1.807) is 11.8 Å². The molecule has 0 saturated heterocycles. The number of rotatable bonds is 9. The molecule has 0 aliphatic carbocycles. The maximum atomic E-state index is 6.31. The Labute approximate surface area is 195 Å². The lowest BCUT2D eigenvalue weighted by Gasteiger charge is -2.21. The Bertz CT molecular complexity index is 997. The van der Waals surface area contributed by atoms with Crippen molar-refractivity contribution in [2.75, 3.05) is 6.26 Å². The van der Waals surface area contributed by atoms with Crippen LogP contribution in [0.15, 0.2) is 58.3 Å². The lowest BCUT2D eigenvalue weighted by atomic mass is 9.90. The Morgan fingerprint density at radius 3 is 2.06 bits per heavy atom. The van der Waals surface area contributed by atoms with Crippen LogP contribution < -0.4 is 11.5 Å². The van der Waals surface area contributed by atoms with Crippen molar-refractivity contribution in [3.05, 3.63) is 76.6 Å². The number of nitrogens with zero attached hydrogens (tertiary/aromatic N) is 1. The van der Waals surface area contributed by atoms with E-state index in [1.165, 1.54) is 32.0 Å². The van der Waals surface area contributed by atoms with Crippen LogP contribution in [0.5, 0.6) is 0 Å². The van der Waals surface area contributed by atoms with E-state index in [1.807, 2.05) is 11.8 Å². The van der Waals surface area contributed by atoms with Crippen molar-refractivity contribution >= 4 is 23.5 Å². The van der Waals surface area contributed by atoms with E-state index in [-0.39, 0.29) is 0 Å². The number of aromatic nitrogens is 1. The fraction of sp³-hybridized carbons (Fsp3) is 0.346. The molecule has 4 N–H and O–H groups in total. The molecule has 0 bridgehead atoms. The summed E-state index contributed by atoms with van der Waals surface area (Å²) in [5.74, 6) is 1.39. The zero-order chi connectivity index (χ0) is 22.4. The van der Waals surface area contributed by atoms with E-state index >= 15 is 0 Å². The molecule has 3 rings (SSSR count). The van der Waals surface area contributed by atoms with E-state index in [0.717, 1.165) is 29.1 Å². The highest BCUT2D eigenvalue weighted by molar-refractivity contribution is 7.99. The van der Waals surface area contributed by atoms with E-state index in [2.05, 4.69) is 75.6 Å². The highest BCUT2D eigenvalue weighted by atomic mass is 32.2. The minimum atomic E-state index is 0.489. The van der Waals surface area contributed by atoms with Crippen LogP contribution in [0, 0.1) is 12.8 Å². The minimum absolute atomic E-state index is 0.489. The highest BCUT2D eigenvalue weighted by Crippen LogP contribution is 2.36. The Hall–Kier alpha value is -1.79. The molecule has 0 radical (unpaired) electrons. The summed E-state index contributed by atoms with van der Waals surface area (Å²) in [6, 6.07) is 17.4. The Kier molecular flexibility index (Phi) is 8.61. The van der Waals surface area contributed by atoms with Gasteiger partial charge in [-0.05, 0) is 77.6 Å². The molecule has 2 aromatic carbocycles. The second kappa shape index (κ2) is 11.2. The van der Waals surface area contributed by atoms with Crippen molar-refractivity contribution in [3.8, 4) is 11.1 Å². The zero-order valence-electron chi connectivity index (χ0n) is 18.9. The summed E-state index contributed by atoms with van der Waals surface area (Å²) in [4.78, 5) is 7.58. The van der Waals surface area contributed by atoms with Crippen molar-refractivity contribution < 1.29 is 0 Å². The molecular formula is C26H33N3S2. The van der Waals surface area contributed by atoms with Gasteiger partial charge in [-0.25, -0.2) is 0 Å². The van der Waals surface area contributed by atoms with E-state index in [0.29, 0.717) is 19.0 Å². The van der Waals surface area contributed by atoms with Crippen LogP contribution in [-0.4, -0.2) is 11.2 Å². The van der Waals surface area contributed by atoms with Crippen LogP contribution in [0.1, 0.15) is 41.9 Å². The van der Waals surface area contributed by atoms with Gasteiger partial charge in [0, 0.05) is 40.0 Å². The molecule has 0 atom stereocenters. The van der Waals surface area contributed by atoms with Crippen molar-refractivity contribution in [3.63, 3.8) is 0 Å². The fourth-order valence-corrected chi connectivity index (χ4v) is 5.18. The first kappa shape index (κ1) is 23.9. The van der Waals surface area contributed by atoms with Gasteiger partial charge in [0.1, 0.15) is 0 Å². The van der Waals surface area contributed by atoms with Gasteiger partial charge in [0.15, 0.2) is 0 Å². The molecule has 1 heterocycles. The SMILES string of the molecule is CSc1ccc(SCc2c(C)nc(CC(C)C)c(CN)c2-c2ccc(CN)cc2)cc1. The van der Waals surface area contributed by atoms with Gasteiger partial charge in [0.25, 0.3) is 0 Å². The van der Waals surface area contributed by atoms with Gasteiger partial charge >= 0.3 is 0 Å². The maximum Gasteiger partial charge on any atom is 0.0460 e. The third-order valence-corrected chi connectivity index (χ3v) is 7.20. The number of hydrogen-bond donors (Lipinski definition) is 2. The van der Waals surface area contributed by atoms with Crippen molar-refractivity contribution in [1.82, 2.24) is 4.98 Å². The first-order valence-corrected chi connectivity index (χ1v) is 12.9. The fourth-order valence-electron chi connectivity index (χ4n) is 3.78. The van der Waals surface area contributed by atoms with Gasteiger partial charge in [-0.2, -0.15) is 0 Å². The number of hydrogen-bond acceptors (Lipinski definition) is 5. The van der Waals surface area contributed by atoms with Gasteiger partial charge in [0.05, 0.1) is 0 Å². The zero-order valence-corrected chi connectivity index (χ0v) is 20.6. The summed E-state index contributed by atoms with van der Waals surface area (Å²) in [7, 11) is 0. The average Bonchev–Trinajstić information content (AvgIpc) is 2.78. The molecule has 0 amide bonds. The number of thioether (sulfide) groups is 2. The van der Waals surface area contributed by atoms with Gasteiger partial charge in [-0.15, -0.1) is 23.5 Å². The van der Waals surface area contributed by atoms with Gasteiger partial charge in [0.2, 0.25) is 0 Å². The lowest BCUT2D eigenvalue weighted by Crippen LogP contribution is -2.13.